The van der Waals surface area contributed by atoms with E-state index in [2.05, 4.69) is 27.7 Å². The molecule has 0 aromatic carbocycles. The van der Waals surface area contributed by atoms with Crippen LogP contribution in [0.15, 0.2) is 0 Å². The molecule has 0 radical (unpaired) electrons. The maximum absolute atomic E-state index is 12.9. The van der Waals surface area contributed by atoms with Gasteiger partial charge in [0, 0.05) is 0 Å². The van der Waals surface area contributed by atoms with E-state index in [1.54, 1.807) is 0 Å². The summed E-state index contributed by atoms with van der Waals surface area (Å²) >= 11 is 0. The number of hydrogen-bond donors (Lipinski definition) is 2. The SMILES string of the molecule is CC(C)CCCCCCOC(=O)C1CC(C(=O)O)C(C(=O)O)CC1C(=O)OCCCCCCC(C)C. The fourth-order valence-corrected chi connectivity index (χ4v) is 4.85. The Kier molecular flexibility index (Phi) is 15.4. The van der Waals surface area contributed by atoms with Crippen molar-refractivity contribution in [2.75, 3.05) is 13.2 Å². The Bertz CT molecular complexity index is 629. The van der Waals surface area contributed by atoms with Crippen molar-refractivity contribution in [1.82, 2.24) is 0 Å². The Morgan fingerprint density at radius 2 is 0.917 bits per heavy atom. The van der Waals surface area contributed by atoms with Crippen LogP contribution in [0, 0.1) is 35.5 Å². The molecule has 1 rings (SSSR count). The number of carbonyl (C=O) groups is 4. The monoisotopic (exact) mass is 512 g/mol. The van der Waals surface area contributed by atoms with Crippen LogP contribution in [0.4, 0.5) is 0 Å². The van der Waals surface area contributed by atoms with Gasteiger partial charge in [0.25, 0.3) is 0 Å². The fourth-order valence-electron chi connectivity index (χ4n) is 4.85. The molecule has 1 aliphatic rings. The second-order valence-corrected chi connectivity index (χ2v) is 11.1. The number of hydrogen-bond acceptors (Lipinski definition) is 6. The van der Waals surface area contributed by atoms with E-state index in [0.29, 0.717) is 24.7 Å². The van der Waals surface area contributed by atoms with Gasteiger partial charge < -0.3 is 19.7 Å². The van der Waals surface area contributed by atoms with Crippen LogP contribution in [0.3, 0.4) is 0 Å². The zero-order valence-corrected chi connectivity index (χ0v) is 22.7. The molecule has 0 aromatic heterocycles. The molecule has 36 heavy (non-hydrogen) atoms. The average molecular weight is 513 g/mol. The van der Waals surface area contributed by atoms with Gasteiger partial charge in [-0.1, -0.05) is 79.1 Å². The lowest BCUT2D eigenvalue weighted by Gasteiger charge is -2.35. The van der Waals surface area contributed by atoms with E-state index in [-0.39, 0.29) is 26.1 Å². The van der Waals surface area contributed by atoms with E-state index < -0.39 is 47.5 Å². The molecule has 0 amide bonds. The highest BCUT2D eigenvalue weighted by atomic mass is 16.5. The number of carbonyl (C=O) groups excluding carboxylic acids is 2. The van der Waals surface area contributed by atoms with Crippen molar-refractivity contribution in [3.8, 4) is 0 Å². The van der Waals surface area contributed by atoms with Crippen LogP contribution < -0.4 is 0 Å². The number of unbranched alkanes of at least 4 members (excludes halogenated alkanes) is 6. The van der Waals surface area contributed by atoms with Crippen LogP contribution in [0.2, 0.25) is 0 Å². The number of rotatable bonds is 18. The quantitative estimate of drug-likeness (QED) is 0.176. The predicted molar refractivity (Wildman–Crippen MR) is 136 cm³/mol. The molecule has 0 saturated heterocycles. The van der Waals surface area contributed by atoms with E-state index in [4.69, 9.17) is 9.47 Å². The summed E-state index contributed by atoms with van der Waals surface area (Å²) < 4.78 is 10.8. The first kappa shape index (κ1) is 31.9. The maximum Gasteiger partial charge on any atom is 0.309 e. The molecular formula is C28H48O8. The highest BCUT2D eigenvalue weighted by Gasteiger charge is 2.50. The van der Waals surface area contributed by atoms with Crippen molar-refractivity contribution >= 4 is 23.9 Å². The summed E-state index contributed by atoms with van der Waals surface area (Å²) in [5.74, 6) is -7.03. The summed E-state index contributed by atoms with van der Waals surface area (Å²) in [7, 11) is 0. The lowest BCUT2D eigenvalue weighted by atomic mass is 9.68. The van der Waals surface area contributed by atoms with Crippen LogP contribution in [-0.4, -0.2) is 47.3 Å². The van der Waals surface area contributed by atoms with E-state index >= 15 is 0 Å². The smallest absolute Gasteiger partial charge is 0.309 e. The van der Waals surface area contributed by atoms with Crippen molar-refractivity contribution in [3.05, 3.63) is 0 Å². The Morgan fingerprint density at radius 3 is 1.22 bits per heavy atom. The number of carboxylic acids is 2. The first-order chi connectivity index (χ1) is 17.0. The first-order valence-corrected chi connectivity index (χ1v) is 13.8. The molecule has 8 heteroatoms. The van der Waals surface area contributed by atoms with Gasteiger partial charge in [0.15, 0.2) is 0 Å². The molecule has 4 atom stereocenters. The van der Waals surface area contributed by atoms with Gasteiger partial charge in [-0.2, -0.15) is 0 Å². The van der Waals surface area contributed by atoms with E-state index in [1.807, 2.05) is 0 Å². The van der Waals surface area contributed by atoms with Gasteiger partial charge in [-0.25, -0.2) is 0 Å². The number of aliphatic carboxylic acids is 2. The Labute approximate surface area is 216 Å². The van der Waals surface area contributed by atoms with Crippen LogP contribution in [0.1, 0.15) is 105 Å². The highest BCUT2D eigenvalue weighted by Crippen LogP contribution is 2.40. The standard InChI is InChI=1S/C28H48O8/c1-19(2)13-9-5-7-11-15-35-27(33)23-17-21(25(29)30)22(26(31)32)18-24(23)28(34)36-16-12-8-6-10-14-20(3)4/h19-24H,5-18H2,1-4H3,(H,29,30)(H,31,32). The van der Waals surface area contributed by atoms with Gasteiger partial charge in [0.2, 0.25) is 0 Å². The van der Waals surface area contributed by atoms with Gasteiger partial charge >= 0.3 is 23.9 Å². The van der Waals surface area contributed by atoms with Crippen LogP contribution in [0.5, 0.6) is 0 Å². The van der Waals surface area contributed by atoms with Crippen molar-refractivity contribution in [3.63, 3.8) is 0 Å². The molecule has 0 aliphatic heterocycles. The zero-order chi connectivity index (χ0) is 27.1. The minimum absolute atomic E-state index is 0.204. The molecule has 1 aliphatic carbocycles. The number of esters is 2. The predicted octanol–water partition coefficient (Wildman–Crippen LogP) is 5.71. The van der Waals surface area contributed by atoms with E-state index in [1.165, 1.54) is 0 Å². The first-order valence-electron chi connectivity index (χ1n) is 13.8. The molecular weight excluding hydrogens is 464 g/mol. The summed E-state index contributed by atoms with van der Waals surface area (Å²) in [6.07, 6.45) is 9.41. The summed E-state index contributed by atoms with van der Waals surface area (Å²) in [5.41, 5.74) is 0. The summed E-state index contributed by atoms with van der Waals surface area (Å²) in [5, 5.41) is 19.1. The fraction of sp³-hybridized carbons (Fsp3) is 0.857. The third-order valence-electron chi connectivity index (χ3n) is 7.07. The van der Waals surface area contributed by atoms with Crippen molar-refractivity contribution in [2.24, 2.45) is 35.5 Å². The third-order valence-corrected chi connectivity index (χ3v) is 7.07. The van der Waals surface area contributed by atoms with Crippen molar-refractivity contribution < 1.29 is 38.9 Å². The summed E-state index contributed by atoms with van der Waals surface area (Å²) in [6, 6.07) is 0. The van der Waals surface area contributed by atoms with E-state index in [0.717, 1.165) is 51.4 Å². The number of carboxylic acid groups (broad SMARTS) is 2. The van der Waals surface area contributed by atoms with Crippen LogP contribution >= 0.6 is 0 Å². The molecule has 208 valence electrons. The van der Waals surface area contributed by atoms with Gasteiger partial charge in [-0.15, -0.1) is 0 Å². The third kappa shape index (κ3) is 12.2. The van der Waals surface area contributed by atoms with Gasteiger partial charge in [-0.05, 0) is 37.5 Å². The minimum atomic E-state index is -1.28. The molecule has 0 aromatic rings. The lowest BCUT2D eigenvalue weighted by molar-refractivity contribution is -0.172. The molecule has 0 spiro atoms. The second kappa shape index (κ2) is 17.4. The summed E-state index contributed by atoms with van der Waals surface area (Å²) in [4.78, 5) is 49.2. The highest BCUT2D eigenvalue weighted by molar-refractivity contribution is 5.86. The maximum atomic E-state index is 12.9. The topological polar surface area (TPSA) is 127 Å². The minimum Gasteiger partial charge on any atom is -0.481 e. The van der Waals surface area contributed by atoms with Gasteiger partial charge in [0.1, 0.15) is 0 Å². The number of ether oxygens (including phenoxy) is 2. The van der Waals surface area contributed by atoms with Gasteiger partial charge in [-0.3, -0.25) is 19.2 Å². The van der Waals surface area contributed by atoms with E-state index in [9.17, 15) is 29.4 Å². The van der Waals surface area contributed by atoms with Crippen LogP contribution in [-0.2, 0) is 28.7 Å². The van der Waals surface area contributed by atoms with Crippen molar-refractivity contribution in [2.45, 2.75) is 105 Å². The summed E-state index contributed by atoms with van der Waals surface area (Å²) in [6.45, 7) is 9.13. The Morgan fingerprint density at radius 1 is 0.583 bits per heavy atom. The molecule has 1 fully saturated rings. The normalized spacial score (nSPS) is 21.9. The molecule has 8 nitrogen and oxygen atoms in total. The molecule has 1 saturated carbocycles. The zero-order valence-electron chi connectivity index (χ0n) is 22.7. The molecule has 2 N–H and O–H groups in total. The molecule has 0 bridgehead atoms. The van der Waals surface area contributed by atoms with Crippen molar-refractivity contribution in [1.29, 1.82) is 0 Å². The largest absolute Gasteiger partial charge is 0.481 e. The average Bonchev–Trinajstić information content (AvgIpc) is 2.81. The molecule has 4 unspecified atom stereocenters. The Hall–Kier alpha value is -2.12. The Balaban J connectivity index is 2.66. The second-order valence-electron chi connectivity index (χ2n) is 11.1. The molecule has 0 heterocycles. The lowest BCUT2D eigenvalue weighted by Crippen LogP contribution is -2.46. The van der Waals surface area contributed by atoms with Crippen LogP contribution in [0.25, 0.3) is 0 Å². The van der Waals surface area contributed by atoms with Gasteiger partial charge in [0.05, 0.1) is 36.9 Å².